The van der Waals surface area contributed by atoms with Crippen molar-refractivity contribution in [2.45, 2.75) is 63.8 Å². The quantitative estimate of drug-likeness (QED) is 0.733. The van der Waals surface area contributed by atoms with E-state index in [1.165, 1.54) is 51.4 Å². The average Bonchev–Trinajstić information content (AvgIpc) is 2.53. The van der Waals surface area contributed by atoms with Gasteiger partial charge in [-0.1, -0.05) is 26.2 Å². The van der Waals surface area contributed by atoms with Crippen LogP contribution in [0.4, 0.5) is 0 Å². The van der Waals surface area contributed by atoms with E-state index in [0.29, 0.717) is 5.92 Å². The van der Waals surface area contributed by atoms with Crippen molar-refractivity contribution >= 4 is 0 Å². The van der Waals surface area contributed by atoms with E-state index in [0.717, 1.165) is 19.1 Å². The molecule has 1 aliphatic heterocycles. The Balaban J connectivity index is 1.94. The van der Waals surface area contributed by atoms with Gasteiger partial charge >= 0.3 is 0 Å². The van der Waals surface area contributed by atoms with Crippen molar-refractivity contribution in [3.63, 3.8) is 0 Å². The minimum atomic E-state index is 0.0876. The first-order chi connectivity index (χ1) is 7.74. The first-order valence-corrected chi connectivity index (χ1v) is 7.11. The molecule has 0 radical (unpaired) electrons. The zero-order valence-electron chi connectivity index (χ0n) is 10.7. The molecule has 1 saturated carbocycles. The van der Waals surface area contributed by atoms with Gasteiger partial charge in [0.2, 0.25) is 0 Å². The molecular weight excluding hydrogens is 198 g/mol. The number of hydrogen-bond acceptors (Lipinski definition) is 2. The van der Waals surface area contributed by atoms with Crippen LogP contribution in [0.1, 0.15) is 58.3 Å². The molecule has 94 valence electrons. The van der Waals surface area contributed by atoms with Crippen LogP contribution in [0.3, 0.4) is 0 Å². The van der Waals surface area contributed by atoms with Gasteiger partial charge in [0.15, 0.2) is 0 Å². The van der Waals surface area contributed by atoms with Gasteiger partial charge in [-0.2, -0.15) is 0 Å². The molecule has 0 aromatic carbocycles. The molecule has 2 aliphatic rings. The summed E-state index contributed by atoms with van der Waals surface area (Å²) in [5.41, 5.74) is 6.76. The second-order valence-electron chi connectivity index (χ2n) is 5.85. The molecule has 0 bridgehead atoms. The molecular formula is C14H27NO. The molecule has 1 aliphatic carbocycles. The fraction of sp³-hybridized carbons (Fsp3) is 1.00. The van der Waals surface area contributed by atoms with E-state index in [-0.39, 0.29) is 5.54 Å². The van der Waals surface area contributed by atoms with Gasteiger partial charge in [-0.3, -0.25) is 0 Å². The largest absolute Gasteiger partial charge is 0.381 e. The Morgan fingerprint density at radius 2 is 2.06 bits per heavy atom. The van der Waals surface area contributed by atoms with Gasteiger partial charge in [-0.05, 0) is 38.0 Å². The predicted molar refractivity (Wildman–Crippen MR) is 67.3 cm³/mol. The zero-order valence-corrected chi connectivity index (χ0v) is 10.7. The second-order valence-corrected chi connectivity index (χ2v) is 5.85. The topological polar surface area (TPSA) is 35.2 Å². The van der Waals surface area contributed by atoms with Crippen LogP contribution in [-0.4, -0.2) is 18.8 Å². The lowest BCUT2D eigenvalue weighted by Gasteiger charge is -2.39. The van der Waals surface area contributed by atoms with E-state index in [1.54, 1.807) is 0 Å². The van der Waals surface area contributed by atoms with Gasteiger partial charge in [-0.25, -0.2) is 0 Å². The van der Waals surface area contributed by atoms with E-state index in [9.17, 15) is 0 Å². The molecule has 0 aromatic heterocycles. The van der Waals surface area contributed by atoms with Crippen molar-refractivity contribution in [2.24, 2.45) is 17.6 Å². The Labute approximate surface area is 99.9 Å². The van der Waals surface area contributed by atoms with E-state index in [4.69, 9.17) is 10.5 Å². The molecule has 2 rings (SSSR count). The molecule has 0 aromatic rings. The summed E-state index contributed by atoms with van der Waals surface area (Å²) in [6.45, 7) is 4.18. The van der Waals surface area contributed by atoms with E-state index < -0.39 is 0 Å². The highest BCUT2D eigenvalue weighted by Crippen LogP contribution is 2.37. The molecule has 3 unspecified atom stereocenters. The molecule has 0 amide bonds. The van der Waals surface area contributed by atoms with Crippen LogP contribution in [0.2, 0.25) is 0 Å². The third kappa shape index (κ3) is 2.78. The van der Waals surface area contributed by atoms with Crippen LogP contribution in [0.5, 0.6) is 0 Å². The Morgan fingerprint density at radius 3 is 2.75 bits per heavy atom. The molecule has 16 heavy (non-hydrogen) atoms. The molecule has 0 spiro atoms. The van der Waals surface area contributed by atoms with Gasteiger partial charge < -0.3 is 10.5 Å². The van der Waals surface area contributed by atoms with Crippen molar-refractivity contribution in [3.05, 3.63) is 0 Å². The lowest BCUT2D eigenvalue weighted by molar-refractivity contribution is 0.0166. The summed E-state index contributed by atoms with van der Waals surface area (Å²) in [5, 5.41) is 0. The van der Waals surface area contributed by atoms with Crippen LogP contribution >= 0.6 is 0 Å². The van der Waals surface area contributed by atoms with Crippen molar-refractivity contribution in [1.29, 1.82) is 0 Å². The molecule has 2 nitrogen and oxygen atoms in total. The van der Waals surface area contributed by atoms with Crippen molar-refractivity contribution in [1.82, 2.24) is 0 Å². The van der Waals surface area contributed by atoms with E-state index in [2.05, 4.69) is 6.92 Å². The summed E-state index contributed by atoms with van der Waals surface area (Å²) in [7, 11) is 0. The monoisotopic (exact) mass is 225 g/mol. The summed E-state index contributed by atoms with van der Waals surface area (Å²) < 4.78 is 5.61. The van der Waals surface area contributed by atoms with Crippen molar-refractivity contribution < 1.29 is 4.74 Å². The predicted octanol–water partition coefficient (Wildman–Crippen LogP) is 3.10. The Kier molecular flexibility index (Phi) is 4.26. The zero-order chi connectivity index (χ0) is 11.4. The summed E-state index contributed by atoms with van der Waals surface area (Å²) in [6, 6.07) is 0. The highest BCUT2D eigenvalue weighted by molar-refractivity contribution is 4.94. The Morgan fingerprint density at radius 1 is 1.19 bits per heavy atom. The van der Waals surface area contributed by atoms with Crippen LogP contribution in [-0.2, 0) is 4.74 Å². The van der Waals surface area contributed by atoms with Gasteiger partial charge in [0.05, 0.1) is 6.61 Å². The van der Waals surface area contributed by atoms with Gasteiger partial charge in [-0.15, -0.1) is 0 Å². The van der Waals surface area contributed by atoms with Gasteiger partial charge in [0, 0.05) is 18.1 Å². The van der Waals surface area contributed by atoms with E-state index in [1.807, 2.05) is 0 Å². The SMILES string of the molecule is CCC1CCCC(N)(C2CCCOC2)CC1. The Bertz CT molecular complexity index is 213. The summed E-state index contributed by atoms with van der Waals surface area (Å²) in [6.07, 6.45) is 10.3. The van der Waals surface area contributed by atoms with Crippen LogP contribution in [0.15, 0.2) is 0 Å². The molecule has 2 fully saturated rings. The van der Waals surface area contributed by atoms with Crippen molar-refractivity contribution in [2.75, 3.05) is 13.2 Å². The first kappa shape index (κ1) is 12.4. The van der Waals surface area contributed by atoms with Gasteiger partial charge in [0.1, 0.15) is 0 Å². The molecule has 3 atom stereocenters. The third-order valence-electron chi connectivity index (χ3n) is 4.82. The number of rotatable bonds is 2. The smallest absolute Gasteiger partial charge is 0.0511 e. The van der Waals surface area contributed by atoms with Gasteiger partial charge in [0.25, 0.3) is 0 Å². The fourth-order valence-corrected chi connectivity index (χ4v) is 3.47. The van der Waals surface area contributed by atoms with Crippen LogP contribution in [0.25, 0.3) is 0 Å². The highest BCUT2D eigenvalue weighted by Gasteiger charge is 2.37. The van der Waals surface area contributed by atoms with E-state index >= 15 is 0 Å². The molecule has 2 heteroatoms. The third-order valence-corrected chi connectivity index (χ3v) is 4.82. The number of ether oxygens (including phenoxy) is 1. The minimum Gasteiger partial charge on any atom is -0.381 e. The lowest BCUT2D eigenvalue weighted by Crippen LogP contribution is -2.49. The van der Waals surface area contributed by atoms with Crippen molar-refractivity contribution in [3.8, 4) is 0 Å². The Hall–Kier alpha value is -0.0800. The summed E-state index contributed by atoms with van der Waals surface area (Å²) >= 11 is 0. The molecule has 2 N–H and O–H groups in total. The normalized spacial score (nSPS) is 41.6. The highest BCUT2D eigenvalue weighted by atomic mass is 16.5. The standard InChI is InChI=1S/C14H27NO/c1-2-12-5-3-8-14(15,9-7-12)13-6-4-10-16-11-13/h12-13H,2-11,15H2,1H3. The molecule has 1 heterocycles. The average molecular weight is 225 g/mol. The van der Waals surface area contributed by atoms with Crippen LogP contribution < -0.4 is 5.73 Å². The maximum absolute atomic E-state index is 6.67. The summed E-state index contributed by atoms with van der Waals surface area (Å²) in [5.74, 6) is 1.55. The maximum atomic E-state index is 6.67. The van der Waals surface area contributed by atoms with Crippen LogP contribution in [0, 0.1) is 11.8 Å². The second kappa shape index (κ2) is 5.50. The maximum Gasteiger partial charge on any atom is 0.0511 e. The fourth-order valence-electron chi connectivity index (χ4n) is 3.47. The summed E-state index contributed by atoms with van der Waals surface area (Å²) in [4.78, 5) is 0. The first-order valence-electron chi connectivity index (χ1n) is 7.11. The number of hydrogen-bond donors (Lipinski definition) is 1. The minimum absolute atomic E-state index is 0.0876. The molecule has 1 saturated heterocycles. The number of nitrogens with two attached hydrogens (primary N) is 1. The lowest BCUT2D eigenvalue weighted by atomic mass is 9.76.